The lowest BCUT2D eigenvalue weighted by molar-refractivity contribution is -0.216. The summed E-state index contributed by atoms with van der Waals surface area (Å²) in [5.41, 5.74) is 1.24. The maximum atomic E-state index is 10.3. The minimum Gasteiger partial charge on any atom is -0.387 e. The van der Waals surface area contributed by atoms with Gasteiger partial charge in [-0.1, -0.05) is 30.3 Å². The molecule has 0 aliphatic carbocycles. The predicted molar refractivity (Wildman–Crippen MR) is 77.5 cm³/mol. The second-order valence-corrected chi connectivity index (χ2v) is 6.32. The van der Waals surface area contributed by atoms with Crippen LogP contribution in [-0.4, -0.2) is 54.0 Å². The van der Waals surface area contributed by atoms with Gasteiger partial charge in [0.05, 0.1) is 0 Å². The second-order valence-electron chi connectivity index (χ2n) is 6.32. The zero-order chi connectivity index (χ0) is 15.0. The van der Waals surface area contributed by atoms with Gasteiger partial charge in [-0.2, -0.15) is 0 Å². The lowest BCUT2D eigenvalue weighted by Crippen LogP contribution is -2.40. The Hall–Kier alpha value is -0.980. The van der Waals surface area contributed by atoms with Crippen LogP contribution in [0.5, 0.6) is 0 Å². The van der Waals surface area contributed by atoms with Gasteiger partial charge in [0.15, 0.2) is 12.1 Å². The van der Waals surface area contributed by atoms with E-state index in [1.165, 1.54) is 5.56 Å². The number of nitrogens with zero attached hydrogens (tertiary/aromatic N) is 1. The zero-order valence-corrected chi connectivity index (χ0v) is 12.7. The van der Waals surface area contributed by atoms with Crippen molar-refractivity contribution in [3.05, 3.63) is 35.9 Å². The molecule has 1 N–H and O–H groups in total. The number of hydrogen-bond donors (Lipinski definition) is 1. The number of rotatable bonds is 4. The fourth-order valence-electron chi connectivity index (χ4n) is 2.98. The first-order valence-electron chi connectivity index (χ1n) is 7.36. The highest BCUT2D eigenvalue weighted by atomic mass is 16.8. The molecule has 5 nitrogen and oxygen atoms in total. The maximum absolute atomic E-state index is 10.3. The highest BCUT2D eigenvalue weighted by molar-refractivity contribution is 5.14. The summed E-state index contributed by atoms with van der Waals surface area (Å²) < 4.78 is 17.2. The zero-order valence-electron chi connectivity index (χ0n) is 12.7. The Morgan fingerprint density at radius 1 is 1.19 bits per heavy atom. The molecule has 0 bridgehead atoms. The first-order chi connectivity index (χ1) is 9.94. The van der Waals surface area contributed by atoms with Crippen LogP contribution in [0, 0.1) is 0 Å². The van der Waals surface area contributed by atoms with Gasteiger partial charge in [0.25, 0.3) is 0 Å². The average molecular weight is 293 g/mol. The number of fused-ring (bicyclic) bond motifs is 1. The van der Waals surface area contributed by atoms with Crippen LogP contribution in [0.2, 0.25) is 0 Å². The number of aliphatic hydroxyl groups is 1. The summed E-state index contributed by atoms with van der Waals surface area (Å²) in [7, 11) is 2.02. The van der Waals surface area contributed by atoms with Crippen LogP contribution in [-0.2, 0) is 20.8 Å². The summed E-state index contributed by atoms with van der Waals surface area (Å²) in [5.74, 6) is -0.683. The molecule has 2 aliphatic heterocycles. The monoisotopic (exact) mass is 293 g/mol. The Morgan fingerprint density at radius 2 is 1.90 bits per heavy atom. The van der Waals surface area contributed by atoms with Crippen molar-refractivity contribution in [3.8, 4) is 0 Å². The minimum absolute atomic E-state index is 0.287. The largest absolute Gasteiger partial charge is 0.387 e. The molecule has 5 heteroatoms. The Kier molecular flexibility index (Phi) is 4.03. The summed E-state index contributed by atoms with van der Waals surface area (Å²) in [6.07, 6.45) is -1.81. The van der Waals surface area contributed by atoms with Crippen LogP contribution >= 0.6 is 0 Å². The highest BCUT2D eigenvalue weighted by Gasteiger charge is 2.54. The van der Waals surface area contributed by atoms with Gasteiger partial charge in [-0.15, -0.1) is 0 Å². The molecule has 0 radical (unpaired) electrons. The van der Waals surface area contributed by atoms with Gasteiger partial charge >= 0.3 is 0 Å². The van der Waals surface area contributed by atoms with E-state index < -0.39 is 24.3 Å². The molecule has 1 aromatic carbocycles. The van der Waals surface area contributed by atoms with Gasteiger partial charge < -0.3 is 19.3 Å². The molecule has 2 aliphatic rings. The smallest absolute Gasteiger partial charge is 0.190 e. The van der Waals surface area contributed by atoms with E-state index in [1.807, 2.05) is 39.1 Å². The van der Waals surface area contributed by atoms with Crippen LogP contribution in [0.3, 0.4) is 0 Å². The molecule has 21 heavy (non-hydrogen) atoms. The topological polar surface area (TPSA) is 51.2 Å². The molecule has 2 saturated heterocycles. The van der Waals surface area contributed by atoms with Crippen molar-refractivity contribution >= 4 is 0 Å². The molecule has 0 saturated carbocycles. The normalized spacial score (nSPS) is 34.3. The third kappa shape index (κ3) is 3.27. The molecule has 116 valence electrons. The summed E-state index contributed by atoms with van der Waals surface area (Å²) in [6, 6.07) is 10.2. The molecular formula is C16H23NO4. The van der Waals surface area contributed by atoms with Crippen molar-refractivity contribution in [1.82, 2.24) is 4.90 Å². The predicted octanol–water partition coefficient (Wildman–Crippen LogP) is 1.36. The minimum atomic E-state index is -0.683. The van der Waals surface area contributed by atoms with Gasteiger partial charge in [0.1, 0.15) is 18.3 Å². The highest BCUT2D eigenvalue weighted by Crippen LogP contribution is 2.37. The lowest BCUT2D eigenvalue weighted by atomic mass is 10.1. The fraction of sp³-hybridized carbons (Fsp3) is 0.625. The van der Waals surface area contributed by atoms with E-state index in [-0.39, 0.29) is 6.10 Å². The van der Waals surface area contributed by atoms with Crippen molar-refractivity contribution in [2.45, 2.75) is 50.8 Å². The summed E-state index contributed by atoms with van der Waals surface area (Å²) in [6.45, 7) is 5.11. The molecule has 3 rings (SSSR count). The van der Waals surface area contributed by atoms with Crippen molar-refractivity contribution in [2.24, 2.45) is 0 Å². The van der Waals surface area contributed by atoms with Crippen molar-refractivity contribution < 1.29 is 19.3 Å². The van der Waals surface area contributed by atoms with E-state index >= 15 is 0 Å². The Balaban J connectivity index is 1.55. The van der Waals surface area contributed by atoms with E-state index in [0.29, 0.717) is 6.54 Å². The van der Waals surface area contributed by atoms with Crippen LogP contribution in [0.15, 0.2) is 30.3 Å². The number of ether oxygens (including phenoxy) is 3. The average Bonchev–Trinajstić information content (AvgIpc) is 2.85. The quantitative estimate of drug-likeness (QED) is 0.908. The third-order valence-electron chi connectivity index (χ3n) is 3.90. The Labute approximate surface area is 125 Å². The van der Waals surface area contributed by atoms with Crippen molar-refractivity contribution in [3.63, 3.8) is 0 Å². The molecule has 2 fully saturated rings. The third-order valence-corrected chi connectivity index (χ3v) is 3.90. The van der Waals surface area contributed by atoms with E-state index in [4.69, 9.17) is 14.2 Å². The van der Waals surface area contributed by atoms with Gasteiger partial charge in [0.2, 0.25) is 0 Å². The van der Waals surface area contributed by atoms with Gasteiger partial charge in [-0.05, 0) is 26.5 Å². The first kappa shape index (κ1) is 14.9. The molecule has 4 atom stereocenters. The fourth-order valence-corrected chi connectivity index (χ4v) is 2.98. The van der Waals surface area contributed by atoms with Crippen LogP contribution in [0.1, 0.15) is 19.4 Å². The van der Waals surface area contributed by atoms with E-state index in [0.717, 1.165) is 6.54 Å². The van der Waals surface area contributed by atoms with Gasteiger partial charge in [0, 0.05) is 13.1 Å². The number of hydrogen-bond acceptors (Lipinski definition) is 5. The molecule has 1 aromatic rings. The Morgan fingerprint density at radius 3 is 2.57 bits per heavy atom. The Bertz CT molecular complexity index is 478. The maximum Gasteiger partial charge on any atom is 0.190 e. The molecule has 0 unspecified atom stereocenters. The number of aliphatic hydroxyl groups excluding tert-OH is 1. The standard InChI is InChI=1S/C16H23NO4/c1-16(2)20-14-13(18)12(19-15(14)21-16)10-17(3)9-11-7-5-4-6-8-11/h4-8,12-15,18H,9-10H2,1-3H3/t12-,13+,14-,15-/m1/s1. The van der Waals surface area contributed by atoms with E-state index in [9.17, 15) is 5.11 Å². The lowest BCUT2D eigenvalue weighted by Gasteiger charge is -2.26. The van der Waals surface area contributed by atoms with Crippen LogP contribution in [0.4, 0.5) is 0 Å². The van der Waals surface area contributed by atoms with Crippen molar-refractivity contribution in [2.75, 3.05) is 13.6 Å². The van der Waals surface area contributed by atoms with Crippen LogP contribution in [0.25, 0.3) is 0 Å². The van der Waals surface area contributed by atoms with Gasteiger partial charge in [-0.25, -0.2) is 0 Å². The van der Waals surface area contributed by atoms with E-state index in [2.05, 4.69) is 17.0 Å². The first-order valence-corrected chi connectivity index (χ1v) is 7.36. The molecule has 2 heterocycles. The summed E-state index contributed by atoms with van der Waals surface area (Å²) in [4.78, 5) is 2.13. The summed E-state index contributed by atoms with van der Waals surface area (Å²) in [5, 5.41) is 10.3. The SMILES string of the molecule is CN(Cc1ccccc1)C[C@H]1O[C@@H]2OC(C)(C)O[C@@H]2[C@H]1O. The van der Waals surface area contributed by atoms with Crippen LogP contribution < -0.4 is 0 Å². The van der Waals surface area contributed by atoms with Crippen molar-refractivity contribution in [1.29, 1.82) is 0 Å². The van der Waals surface area contributed by atoms with E-state index in [1.54, 1.807) is 0 Å². The second kappa shape index (κ2) is 5.66. The molecular weight excluding hydrogens is 270 g/mol. The molecule has 0 spiro atoms. The number of likely N-dealkylation sites (N-methyl/N-ethyl adjacent to an activating group) is 1. The summed E-state index contributed by atoms with van der Waals surface area (Å²) >= 11 is 0. The number of benzene rings is 1. The molecule has 0 amide bonds. The van der Waals surface area contributed by atoms with Gasteiger partial charge in [-0.3, -0.25) is 4.90 Å². The molecule has 0 aromatic heterocycles.